The smallest absolute Gasteiger partial charge is 0.304 e. The normalized spacial score (nSPS) is 8.36. The van der Waals surface area contributed by atoms with Crippen LogP contribution in [-0.4, -0.2) is 6.79 Å². The van der Waals surface area contributed by atoms with Crippen molar-refractivity contribution in [2.75, 3.05) is 6.79 Å². The Morgan fingerprint density at radius 2 is 1.27 bits per heavy atom. The average molecular weight is 172 g/mol. The first-order valence-electron chi connectivity index (χ1n) is 2.38. The van der Waals surface area contributed by atoms with Gasteiger partial charge in [0.1, 0.15) is 0 Å². The van der Waals surface area contributed by atoms with E-state index in [2.05, 4.69) is 9.47 Å². The molecule has 0 unspecified atom stereocenters. The van der Waals surface area contributed by atoms with E-state index in [0.717, 1.165) is 0 Å². The molecule has 0 heterocycles. The van der Waals surface area contributed by atoms with Crippen LogP contribution in [0.25, 0.3) is 0 Å². The number of hydrogen-bond acceptors (Lipinski definition) is 2. The monoisotopic (exact) mass is 172 g/mol. The summed E-state index contributed by atoms with van der Waals surface area (Å²) < 4.78 is 52.4. The van der Waals surface area contributed by atoms with Gasteiger partial charge in [0.15, 0.2) is 12.5 Å². The van der Waals surface area contributed by atoms with Gasteiger partial charge < -0.3 is 9.47 Å². The van der Waals surface area contributed by atoms with Crippen molar-refractivity contribution in [2.24, 2.45) is 0 Å². The van der Waals surface area contributed by atoms with Crippen LogP contribution in [0.3, 0.4) is 0 Å². The van der Waals surface area contributed by atoms with Crippen LogP contribution in [-0.2, 0) is 9.47 Å². The zero-order chi connectivity index (χ0) is 8.69. The lowest BCUT2D eigenvalue weighted by molar-refractivity contribution is 0.0346. The molecule has 0 fully saturated rings. The minimum atomic E-state index is -2.06. The second-order valence-corrected chi connectivity index (χ2v) is 1.27. The molecule has 0 aromatic carbocycles. The Bertz CT molecular complexity index is 140. The summed E-state index contributed by atoms with van der Waals surface area (Å²) in [5.74, 6) is 0. The maximum Gasteiger partial charge on any atom is 0.304 e. The lowest BCUT2D eigenvalue weighted by atomic mass is 11.0. The summed E-state index contributed by atoms with van der Waals surface area (Å²) in [5.41, 5.74) is 0. The average Bonchev–Trinajstić information content (AvgIpc) is 1.85. The van der Waals surface area contributed by atoms with Crippen molar-refractivity contribution in [2.45, 2.75) is 0 Å². The Morgan fingerprint density at radius 1 is 0.909 bits per heavy atom. The third-order valence-electron chi connectivity index (χ3n) is 0.481. The first-order chi connectivity index (χ1) is 5.13. The van der Waals surface area contributed by atoms with E-state index < -0.39 is 19.0 Å². The van der Waals surface area contributed by atoms with Crippen molar-refractivity contribution in [3.63, 3.8) is 0 Å². The molecule has 0 radical (unpaired) electrons. The molecule has 0 aliphatic heterocycles. The fraction of sp³-hybridized carbons (Fsp3) is 0.200. The zero-order valence-electron chi connectivity index (χ0n) is 5.19. The largest absolute Gasteiger partial charge is 0.460 e. The molecular formula is C5H4F4O2. The summed E-state index contributed by atoms with van der Waals surface area (Å²) >= 11 is 0. The standard InChI is InChI=1S/C5H4F4O2/c6-4(7)1-10-3-11-2-5(8)9/h1-2H,3H2. The summed E-state index contributed by atoms with van der Waals surface area (Å²) in [7, 11) is 0. The quantitative estimate of drug-likeness (QED) is 0.280. The molecule has 0 bridgehead atoms. The first kappa shape index (κ1) is 9.80. The van der Waals surface area contributed by atoms with Crippen LogP contribution in [0.15, 0.2) is 24.7 Å². The number of hydrogen-bond donors (Lipinski definition) is 0. The molecule has 0 aromatic heterocycles. The van der Waals surface area contributed by atoms with Gasteiger partial charge in [-0.3, -0.25) is 0 Å². The summed E-state index contributed by atoms with van der Waals surface area (Å²) in [6, 6.07) is 0. The van der Waals surface area contributed by atoms with E-state index >= 15 is 0 Å². The van der Waals surface area contributed by atoms with Gasteiger partial charge in [-0.25, -0.2) is 0 Å². The molecule has 0 saturated heterocycles. The lowest BCUT2D eigenvalue weighted by Crippen LogP contribution is -1.88. The molecule has 0 spiro atoms. The van der Waals surface area contributed by atoms with Crippen molar-refractivity contribution in [1.82, 2.24) is 0 Å². The fourth-order valence-corrected chi connectivity index (χ4v) is 0.233. The SMILES string of the molecule is FC(F)=COCOC=C(F)F. The highest BCUT2D eigenvalue weighted by Gasteiger charge is 1.89. The molecular weight excluding hydrogens is 168 g/mol. The third-order valence-corrected chi connectivity index (χ3v) is 0.481. The Labute approximate surface area is 59.7 Å². The Morgan fingerprint density at radius 3 is 1.55 bits per heavy atom. The van der Waals surface area contributed by atoms with Gasteiger partial charge in [-0.05, 0) is 0 Å². The van der Waals surface area contributed by atoms with E-state index in [4.69, 9.17) is 0 Å². The predicted molar refractivity (Wildman–Crippen MR) is 27.6 cm³/mol. The van der Waals surface area contributed by atoms with Crippen molar-refractivity contribution in [3.8, 4) is 0 Å². The zero-order valence-corrected chi connectivity index (χ0v) is 5.19. The number of halogens is 4. The van der Waals surface area contributed by atoms with Crippen LogP contribution >= 0.6 is 0 Å². The molecule has 0 aromatic rings. The fourth-order valence-electron chi connectivity index (χ4n) is 0.233. The van der Waals surface area contributed by atoms with E-state index in [9.17, 15) is 17.6 Å². The molecule has 0 rings (SSSR count). The van der Waals surface area contributed by atoms with Crippen LogP contribution in [0.4, 0.5) is 17.6 Å². The maximum absolute atomic E-state index is 11.1. The van der Waals surface area contributed by atoms with Gasteiger partial charge in [0.05, 0.1) is 0 Å². The van der Waals surface area contributed by atoms with Gasteiger partial charge in [-0.1, -0.05) is 0 Å². The topological polar surface area (TPSA) is 18.5 Å². The molecule has 11 heavy (non-hydrogen) atoms. The molecule has 0 aliphatic rings. The second kappa shape index (κ2) is 5.57. The van der Waals surface area contributed by atoms with E-state index in [0.29, 0.717) is 0 Å². The van der Waals surface area contributed by atoms with Crippen LogP contribution in [0.2, 0.25) is 0 Å². The minimum Gasteiger partial charge on any atom is -0.460 e. The lowest BCUT2D eigenvalue weighted by Gasteiger charge is -1.96. The van der Waals surface area contributed by atoms with Crippen LogP contribution < -0.4 is 0 Å². The molecule has 6 heteroatoms. The van der Waals surface area contributed by atoms with Crippen molar-refractivity contribution >= 4 is 0 Å². The number of rotatable bonds is 4. The minimum absolute atomic E-state index is 0.101. The van der Waals surface area contributed by atoms with E-state index in [1.54, 1.807) is 0 Å². The van der Waals surface area contributed by atoms with Gasteiger partial charge in [0.25, 0.3) is 0 Å². The third kappa shape index (κ3) is 8.80. The Balaban J connectivity index is 3.29. The van der Waals surface area contributed by atoms with Crippen molar-refractivity contribution < 1.29 is 27.0 Å². The van der Waals surface area contributed by atoms with Crippen molar-refractivity contribution in [3.05, 3.63) is 24.7 Å². The van der Waals surface area contributed by atoms with Gasteiger partial charge in [0.2, 0.25) is 6.79 Å². The summed E-state index contributed by atoms with van der Waals surface area (Å²) in [6.45, 7) is -0.672. The molecule has 0 N–H and O–H groups in total. The Hall–Kier alpha value is -1.20. The number of ether oxygens (including phenoxy) is 2. The second-order valence-electron chi connectivity index (χ2n) is 1.27. The molecule has 0 amide bonds. The molecule has 64 valence electrons. The highest BCUT2D eigenvalue weighted by atomic mass is 19.3. The highest BCUT2D eigenvalue weighted by Crippen LogP contribution is 1.98. The highest BCUT2D eigenvalue weighted by molar-refractivity contribution is 4.70. The van der Waals surface area contributed by atoms with E-state index in [1.165, 1.54) is 0 Å². The van der Waals surface area contributed by atoms with Crippen LogP contribution in [0.5, 0.6) is 0 Å². The van der Waals surface area contributed by atoms with Gasteiger partial charge in [0, 0.05) is 0 Å². The summed E-state index contributed by atoms with van der Waals surface area (Å²) in [6.07, 6.45) is -3.91. The van der Waals surface area contributed by atoms with E-state index in [1.807, 2.05) is 0 Å². The summed E-state index contributed by atoms with van der Waals surface area (Å²) in [5, 5.41) is 0. The molecule has 0 saturated carbocycles. The molecule has 0 aliphatic carbocycles. The molecule has 0 atom stereocenters. The summed E-state index contributed by atoms with van der Waals surface area (Å²) in [4.78, 5) is 0. The van der Waals surface area contributed by atoms with Crippen LogP contribution in [0, 0.1) is 0 Å². The van der Waals surface area contributed by atoms with Crippen LogP contribution in [0.1, 0.15) is 0 Å². The molecule has 2 nitrogen and oxygen atoms in total. The van der Waals surface area contributed by atoms with Crippen molar-refractivity contribution in [1.29, 1.82) is 0 Å². The van der Waals surface area contributed by atoms with Gasteiger partial charge in [-0.15, -0.1) is 0 Å². The van der Waals surface area contributed by atoms with E-state index in [-0.39, 0.29) is 12.5 Å². The van der Waals surface area contributed by atoms with Gasteiger partial charge >= 0.3 is 12.2 Å². The first-order valence-corrected chi connectivity index (χ1v) is 2.38. The Kier molecular flexibility index (Phi) is 4.97. The van der Waals surface area contributed by atoms with Gasteiger partial charge in [-0.2, -0.15) is 17.6 Å². The predicted octanol–water partition coefficient (Wildman–Crippen LogP) is 2.45. The maximum atomic E-state index is 11.1.